The summed E-state index contributed by atoms with van der Waals surface area (Å²) in [6.45, 7) is 7.98. The first-order chi connectivity index (χ1) is 19.0. The summed E-state index contributed by atoms with van der Waals surface area (Å²) >= 11 is 1.80. The highest BCUT2D eigenvalue weighted by atomic mass is 32.2. The van der Waals surface area contributed by atoms with Crippen molar-refractivity contribution in [3.05, 3.63) is 76.3 Å². The van der Waals surface area contributed by atoms with Gasteiger partial charge in [-0.1, -0.05) is 24.3 Å². The number of fused-ring (bicyclic) bond motifs is 2. The van der Waals surface area contributed by atoms with E-state index in [4.69, 9.17) is 18.9 Å². The fourth-order valence-electron chi connectivity index (χ4n) is 5.88. The van der Waals surface area contributed by atoms with E-state index < -0.39 is 0 Å². The summed E-state index contributed by atoms with van der Waals surface area (Å²) in [6, 6.07) is 17.2. The number of carbonyl (C=O) groups is 1. The molecule has 5 rings (SSSR count). The normalized spacial score (nSPS) is 17.5. The second-order valence-electron chi connectivity index (χ2n) is 10.4. The molecule has 5 nitrogen and oxygen atoms in total. The van der Waals surface area contributed by atoms with Gasteiger partial charge in [0.25, 0.3) is 0 Å². The third-order valence-corrected chi connectivity index (χ3v) is 8.85. The van der Waals surface area contributed by atoms with Gasteiger partial charge in [0.2, 0.25) is 0 Å². The van der Waals surface area contributed by atoms with Crippen molar-refractivity contribution in [1.29, 1.82) is 0 Å². The third kappa shape index (κ3) is 6.12. The number of methoxy groups -OCH3 is 1. The lowest BCUT2D eigenvalue weighted by Gasteiger charge is -2.19. The zero-order valence-electron chi connectivity index (χ0n) is 23.4. The average molecular weight is 547 g/mol. The second-order valence-corrected chi connectivity index (χ2v) is 11.4. The molecule has 3 aromatic rings. The molecule has 0 aromatic heterocycles. The smallest absolute Gasteiger partial charge is 0.306 e. The molecule has 0 N–H and O–H groups in total. The zero-order valence-corrected chi connectivity index (χ0v) is 24.2. The number of hydrogen-bond acceptors (Lipinski definition) is 6. The molecule has 0 fully saturated rings. The van der Waals surface area contributed by atoms with Crippen molar-refractivity contribution in [2.75, 3.05) is 32.7 Å². The van der Waals surface area contributed by atoms with E-state index in [0.717, 1.165) is 36.5 Å². The van der Waals surface area contributed by atoms with Crippen molar-refractivity contribution >= 4 is 17.7 Å². The number of esters is 1. The predicted octanol–water partition coefficient (Wildman–Crippen LogP) is 7.59. The van der Waals surface area contributed by atoms with Gasteiger partial charge < -0.3 is 18.9 Å². The Morgan fingerprint density at radius 1 is 1.00 bits per heavy atom. The molecular weight excluding hydrogens is 508 g/mol. The third-order valence-electron chi connectivity index (χ3n) is 7.61. The summed E-state index contributed by atoms with van der Waals surface area (Å²) < 4.78 is 22.9. The van der Waals surface area contributed by atoms with Crippen LogP contribution in [0.4, 0.5) is 0 Å². The lowest BCUT2D eigenvalue weighted by molar-refractivity contribution is -0.143. The van der Waals surface area contributed by atoms with Crippen LogP contribution in [0.25, 0.3) is 11.1 Å². The second kappa shape index (κ2) is 12.5. The molecule has 0 saturated heterocycles. The molecular formula is C33H38O5S. The van der Waals surface area contributed by atoms with Crippen molar-refractivity contribution in [3.63, 3.8) is 0 Å². The molecule has 1 aliphatic heterocycles. The monoisotopic (exact) mass is 546 g/mol. The highest BCUT2D eigenvalue weighted by Gasteiger charge is 2.29. The van der Waals surface area contributed by atoms with Gasteiger partial charge in [0.1, 0.15) is 17.6 Å². The van der Waals surface area contributed by atoms with E-state index in [1.165, 1.54) is 43.8 Å². The number of carbonyl (C=O) groups excluding carboxylic acids is 1. The van der Waals surface area contributed by atoms with Gasteiger partial charge in [-0.3, -0.25) is 4.79 Å². The van der Waals surface area contributed by atoms with E-state index >= 15 is 0 Å². The molecule has 0 amide bonds. The Kier molecular flexibility index (Phi) is 8.83. The minimum absolute atomic E-state index is 0.0312. The summed E-state index contributed by atoms with van der Waals surface area (Å²) in [7, 11) is 1.71. The largest absolute Gasteiger partial charge is 0.493 e. The van der Waals surface area contributed by atoms with E-state index in [1.54, 1.807) is 18.9 Å². The van der Waals surface area contributed by atoms with Crippen LogP contribution in [0.15, 0.2) is 53.4 Å². The zero-order chi connectivity index (χ0) is 27.4. The van der Waals surface area contributed by atoms with Crippen molar-refractivity contribution < 1.29 is 23.7 Å². The van der Waals surface area contributed by atoms with Crippen LogP contribution in [0.1, 0.15) is 66.0 Å². The molecule has 2 aliphatic rings. The van der Waals surface area contributed by atoms with Crippen molar-refractivity contribution in [1.82, 2.24) is 0 Å². The molecule has 1 heterocycles. The van der Waals surface area contributed by atoms with Gasteiger partial charge in [0.05, 0.1) is 19.6 Å². The first-order valence-electron chi connectivity index (χ1n) is 13.9. The van der Waals surface area contributed by atoms with Gasteiger partial charge in [-0.15, -0.1) is 11.8 Å². The molecule has 0 bridgehead atoms. The maximum atomic E-state index is 12.0. The van der Waals surface area contributed by atoms with Crippen LogP contribution in [0, 0.1) is 13.8 Å². The number of aryl methyl sites for hydroxylation is 2. The number of hydrogen-bond donors (Lipinski definition) is 0. The lowest BCUT2D eigenvalue weighted by atomic mass is 9.90. The molecule has 2 atom stereocenters. The van der Waals surface area contributed by atoms with Crippen LogP contribution in [0.2, 0.25) is 0 Å². The quantitative estimate of drug-likeness (QED) is 0.182. The van der Waals surface area contributed by atoms with Gasteiger partial charge in [-0.25, -0.2) is 0 Å². The molecule has 3 aromatic carbocycles. The van der Waals surface area contributed by atoms with E-state index in [-0.39, 0.29) is 18.0 Å². The van der Waals surface area contributed by atoms with E-state index in [9.17, 15) is 4.79 Å². The van der Waals surface area contributed by atoms with Crippen LogP contribution >= 0.6 is 11.8 Å². The van der Waals surface area contributed by atoms with Gasteiger partial charge in [0, 0.05) is 36.7 Å². The molecule has 1 unspecified atom stereocenters. The van der Waals surface area contributed by atoms with Gasteiger partial charge in [0.15, 0.2) is 0 Å². The maximum Gasteiger partial charge on any atom is 0.306 e. The summed E-state index contributed by atoms with van der Waals surface area (Å²) in [5, 5.41) is 0. The Balaban J connectivity index is 1.32. The summed E-state index contributed by atoms with van der Waals surface area (Å²) in [5.74, 6) is 2.80. The SMILES string of the molecule is CCOC(=O)CC1CSc2cc(O[C@H]3CCc4c(-c5c(C)cc(OCCCOC)cc5C)cccc43)ccc21. The topological polar surface area (TPSA) is 54.0 Å². The molecule has 206 valence electrons. The predicted molar refractivity (Wildman–Crippen MR) is 156 cm³/mol. The van der Waals surface area contributed by atoms with Gasteiger partial charge in [-0.05, 0) is 96.8 Å². The number of rotatable bonds is 11. The standard InChI is InChI=1S/C33H38O5S/c1-5-36-32(34)18-23-20-39-31-19-24(10-11-26(23)31)38-30-13-12-27-28(30)8-6-9-29(27)33-21(2)16-25(17-22(33)3)37-15-7-14-35-4/h6,8-11,16-17,19,23,30H,5,7,12-15,18,20H2,1-4H3/t23?,30-/m0/s1. The van der Waals surface area contributed by atoms with Crippen LogP contribution in [0.3, 0.4) is 0 Å². The van der Waals surface area contributed by atoms with Crippen LogP contribution < -0.4 is 9.47 Å². The van der Waals surface area contributed by atoms with Gasteiger partial charge >= 0.3 is 5.97 Å². The molecule has 39 heavy (non-hydrogen) atoms. The van der Waals surface area contributed by atoms with Crippen molar-refractivity contribution in [2.45, 2.75) is 63.4 Å². The van der Waals surface area contributed by atoms with Crippen LogP contribution in [-0.4, -0.2) is 38.7 Å². The highest BCUT2D eigenvalue weighted by molar-refractivity contribution is 7.99. The van der Waals surface area contributed by atoms with E-state index in [2.05, 4.69) is 62.4 Å². The molecule has 0 radical (unpaired) electrons. The van der Waals surface area contributed by atoms with Crippen LogP contribution in [0.5, 0.6) is 11.5 Å². The summed E-state index contributed by atoms with van der Waals surface area (Å²) in [5.41, 5.74) is 8.92. The Morgan fingerprint density at radius 2 is 1.82 bits per heavy atom. The Bertz CT molecular complexity index is 1310. The molecule has 0 spiro atoms. The fourth-order valence-corrected chi connectivity index (χ4v) is 7.16. The number of thioether (sulfide) groups is 1. The minimum Gasteiger partial charge on any atom is -0.493 e. The van der Waals surface area contributed by atoms with Crippen LogP contribution in [-0.2, 0) is 20.7 Å². The molecule has 1 aliphatic carbocycles. The lowest BCUT2D eigenvalue weighted by Crippen LogP contribution is -2.10. The first kappa shape index (κ1) is 27.6. The number of ether oxygens (including phenoxy) is 4. The minimum atomic E-state index is -0.121. The fraction of sp³-hybridized carbons (Fsp3) is 0.424. The maximum absolute atomic E-state index is 12.0. The summed E-state index contributed by atoms with van der Waals surface area (Å²) in [6.07, 6.45) is 3.30. The average Bonchev–Trinajstić information content (AvgIpc) is 3.51. The molecule has 0 saturated carbocycles. The first-order valence-corrected chi connectivity index (χ1v) is 14.9. The molecule has 6 heteroatoms. The van der Waals surface area contributed by atoms with Crippen molar-refractivity contribution in [3.8, 4) is 22.6 Å². The highest BCUT2D eigenvalue weighted by Crippen LogP contribution is 2.46. The van der Waals surface area contributed by atoms with Gasteiger partial charge in [-0.2, -0.15) is 0 Å². The number of benzene rings is 3. The Labute approximate surface area is 236 Å². The van der Waals surface area contributed by atoms with E-state index in [0.29, 0.717) is 26.2 Å². The Hall–Kier alpha value is -2.96. The summed E-state index contributed by atoms with van der Waals surface area (Å²) in [4.78, 5) is 13.2. The van der Waals surface area contributed by atoms with Crippen molar-refractivity contribution in [2.24, 2.45) is 0 Å². The van der Waals surface area contributed by atoms with E-state index in [1.807, 2.05) is 6.92 Å². The Morgan fingerprint density at radius 3 is 2.59 bits per heavy atom.